The number of carbonyl (C=O) groups is 2. The Kier molecular flexibility index (Phi) is 8.16. The minimum atomic E-state index is -0.520. The molecule has 1 fully saturated rings. The molecule has 0 N–H and O–H groups in total. The highest BCUT2D eigenvalue weighted by molar-refractivity contribution is 5.95. The van der Waals surface area contributed by atoms with Crippen molar-refractivity contribution in [2.45, 2.75) is 51.7 Å². The van der Waals surface area contributed by atoms with Gasteiger partial charge in [-0.15, -0.1) is 0 Å². The molecule has 0 saturated carbocycles. The topological polar surface area (TPSA) is 62.3 Å². The molecule has 1 spiro atoms. The fraction of sp³-hybridized carbons (Fsp3) is 0.484. The van der Waals surface area contributed by atoms with E-state index in [4.69, 9.17) is 9.47 Å². The average molecular weight is 520 g/mol. The highest BCUT2D eigenvalue weighted by Gasteiger charge is 2.40. The number of hydrogen-bond donors (Lipinski definition) is 0. The van der Waals surface area contributed by atoms with Crippen molar-refractivity contribution in [1.82, 2.24) is 14.7 Å². The van der Waals surface area contributed by atoms with Crippen molar-refractivity contribution in [2.24, 2.45) is 0 Å². The lowest BCUT2D eigenvalue weighted by molar-refractivity contribution is -0.00117. The number of para-hydroxylation sites is 1. The molecule has 0 radical (unpaired) electrons. The van der Waals surface area contributed by atoms with Gasteiger partial charge in [0.1, 0.15) is 17.0 Å². The third-order valence-electron chi connectivity index (χ3n) is 7.09. The molecule has 0 atom stereocenters. The highest BCUT2D eigenvalue weighted by Crippen LogP contribution is 2.43. The van der Waals surface area contributed by atoms with Crippen LogP contribution in [0.5, 0.6) is 5.75 Å². The van der Waals surface area contributed by atoms with Gasteiger partial charge in [-0.1, -0.05) is 30.3 Å². The van der Waals surface area contributed by atoms with Crippen molar-refractivity contribution in [3.05, 3.63) is 71.3 Å². The van der Waals surface area contributed by atoms with E-state index in [1.54, 1.807) is 4.90 Å². The molecule has 2 aromatic carbocycles. The van der Waals surface area contributed by atoms with Crippen LogP contribution >= 0.6 is 0 Å². The molecule has 7 heteroatoms. The summed E-state index contributed by atoms with van der Waals surface area (Å²) in [6, 6.07) is 16.0. The number of likely N-dealkylation sites (N-methyl/N-ethyl adjacent to an activating group) is 2. The standard InChI is InChI=1S/C31H41N3O4/c1-7-33(21-20-32(5)6)28(35)24-14-12-23(13-15-24)26-22-31(37-27-11-9-8-10-25(26)27)16-18-34(19-17-31)29(36)38-30(2,3)4/h8-15,22H,7,16-21H2,1-6H3. The molecule has 4 rings (SSSR count). The number of nitrogens with zero attached hydrogens (tertiary/aromatic N) is 3. The summed E-state index contributed by atoms with van der Waals surface area (Å²) >= 11 is 0. The minimum absolute atomic E-state index is 0.0493. The normalized spacial score (nSPS) is 16.5. The first-order chi connectivity index (χ1) is 18.0. The molecule has 2 amide bonds. The Bertz CT molecular complexity index is 1170. The van der Waals surface area contributed by atoms with Crippen molar-refractivity contribution >= 4 is 17.6 Å². The molecule has 204 valence electrons. The van der Waals surface area contributed by atoms with Crippen molar-refractivity contribution in [1.29, 1.82) is 0 Å². The SMILES string of the molecule is CCN(CCN(C)C)C(=O)c1ccc(C2=CC3(CCN(C(=O)OC(C)(C)C)CC3)Oc3ccccc32)cc1. The summed E-state index contributed by atoms with van der Waals surface area (Å²) in [5.41, 5.74) is 2.85. The van der Waals surface area contributed by atoms with Gasteiger partial charge in [0.05, 0.1) is 0 Å². The molecule has 38 heavy (non-hydrogen) atoms. The predicted octanol–water partition coefficient (Wildman–Crippen LogP) is 5.30. The van der Waals surface area contributed by atoms with Crippen molar-refractivity contribution in [2.75, 3.05) is 46.8 Å². The van der Waals surface area contributed by atoms with E-state index in [1.165, 1.54) is 0 Å². The lowest BCUT2D eigenvalue weighted by atomic mass is 9.83. The van der Waals surface area contributed by atoms with Gasteiger partial charge in [-0.05, 0) is 77.2 Å². The lowest BCUT2D eigenvalue weighted by Crippen LogP contribution is -2.50. The Balaban J connectivity index is 1.56. The molecule has 2 aromatic rings. The molecule has 7 nitrogen and oxygen atoms in total. The van der Waals surface area contributed by atoms with Crippen LogP contribution in [0.2, 0.25) is 0 Å². The maximum absolute atomic E-state index is 13.1. The van der Waals surface area contributed by atoms with Gasteiger partial charge in [0.15, 0.2) is 0 Å². The number of benzene rings is 2. The van der Waals surface area contributed by atoms with Crippen LogP contribution in [0.3, 0.4) is 0 Å². The Hall–Kier alpha value is -3.32. The van der Waals surface area contributed by atoms with Crippen molar-refractivity contribution < 1.29 is 19.1 Å². The molecule has 1 saturated heterocycles. The number of carbonyl (C=O) groups excluding carboxylic acids is 2. The fourth-order valence-electron chi connectivity index (χ4n) is 4.95. The molecule has 0 bridgehead atoms. The molecule has 0 aliphatic carbocycles. The zero-order chi connectivity index (χ0) is 27.5. The fourth-order valence-corrected chi connectivity index (χ4v) is 4.95. The molecule has 2 aliphatic heterocycles. The first kappa shape index (κ1) is 27.7. The van der Waals surface area contributed by atoms with Gasteiger partial charge >= 0.3 is 6.09 Å². The molecule has 0 unspecified atom stereocenters. The van der Waals surface area contributed by atoms with E-state index in [0.717, 1.165) is 29.0 Å². The van der Waals surface area contributed by atoms with Gasteiger partial charge in [-0.2, -0.15) is 0 Å². The van der Waals surface area contributed by atoms with Gasteiger partial charge in [0.25, 0.3) is 5.91 Å². The van der Waals surface area contributed by atoms with E-state index >= 15 is 0 Å². The summed E-state index contributed by atoms with van der Waals surface area (Å²) in [6.45, 7) is 11.0. The third-order valence-corrected chi connectivity index (χ3v) is 7.09. The van der Waals surface area contributed by atoms with Gasteiger partial charge in [0, 0.05) is 56.7 Å². The number of likely N-dealkylation sites (tertiary alicyclic amines) is 1. The van der Waals surface area contributed by atoms with Crippen LogP contribution < -0.4 is 4.74 Å². The summed E-state index contributed by atoms with van der Waals surface area (Å²) in [5.74, 6) is 0.893. The van der Waals surface area contributed by atoms with Gasteiger partial charge < -0.3 is 24.2 Å². The summed E-state index contributed by atoms with van der Waals surface area (Å²) in [6.07, 6.45) is 3.30. The monoisotopic (exact) mass is 519 g/mol. The molecular weight excluding hydrogens is 478 g/mol. The number of rotatable bonds is 6. The smallest absolute Gasteiger partial charge is 0.410 e. The average Bonchev–Trinajstić information content (AvgIpc) is 2.88. The van der Waals surface area contributed by atoms with Crippen LogP contribution in [0.4, 0.5) is 4.79 Å². The largest absolute Gasteiger partial charge is 0.482 e. The Morgan fingerprint density at radius 1 is 1.00 bits per heavy atom. The van der Waals surface area contributed by atoms with E-state index in [0.29, 0.717) is 44.6 Å². The van der Waals surface area contributed by atoms with E-state index in [9.17, 15) is 9.59 Å². The zero-order valence-electron chi connectivity index (χ0n) is 23.6. The van der Waals surface area contributed by atoms with E-state index < -0.39 is 11.2 Å². The highest BCUT2D eigenvalue weighted by atomic mass is 16.6. The Morgan fingerprint density at radius 3 is 2.26 bits per heavy atom. The second-order valence-corrected chi connectivity index (χ2v) is 11.5. The van der Waals surface area contributed by atoms with Crippen LogP contribution in [-0.2, 0) is 4.74 Å². The first-order valence-corrected chi connectivity index (χ1v) is 13.5. The number of amides is 2. The lowest BCUT2D eigenvalue weighted by Gasteiger charge is -2.43. The Morgan fingerprint density at radius 2 is 1.66 bits per heavy atom. The van der Waals surface area contributed by atoms with Crippen LogP contribution in [0.1, 0.15) is 62.0 Å². The van der Waals surface area contributed by atoms with Gasteiger partial charge in [-0.25, -0.2) is 4.79 Å². The third kappa shape index (κ3) is 6.38. The van der Waals surface area contributed by atoms with Crippen molar-refractivity contribution in [3.63, 3.8) is 0 Å². The van der Waals surface area contributed by atoms with Crippen LogP contribution in [0.25, 0.3) is 5.57 Å². The number of fused-ring (bicyclic) bond motifs is 1. The summed E-state index contributed by atoms with van der Waals surface area (Å²) in [4.78, 5) is 31.5. The number of ether oxygens (including phenoxy) is 2. The summed E-state index contributed by atoms with van der Waals surface area (Å²) < 4.78 is 12.2. The maximum Gasteiger partial charge on any atom is 0.410 e. The van der Waals surface area contributed by atoms with Crippen molar-refractivity contribution in [3.8, 4) is 5.75 Å². The summed E-state index contributed by atoms with van der Waals surface area (Å²) in [5, 5.41) is 0. The van der Waals surface area contributed by atoms with E-state index in [1.807, 2.05) is 89.2 Å². The predicted molar refractivity (Wildman–Crippen MR) is 150 cm³/mol. The summed E-state index contributed by atoms with van der Waals surface area (Å²) in [7, 11) is 4.03. The maximum atomic E-state index is 13.1. The molecule has 2 aliphatic rings. The number of piperidine rings is 1. The molecule has 0 aromatic heterocycles. The van der Waals surface area contributed by atoms with E-state index in [-0.39, 0.29) is 12.0 Å². The minimum Gasteiger partial charge on any atom is -0.482 e. The second kappa shape index (κ2) is 11.2. The van der Waals surface area contributed by atoms with Crippen LogP contribution in [-0.4, -0.2) is 84.7 Å². The van der Waals surface area contributed by atoms with Crippen LogP contribution in [0, 0.1) is 0 Å². The van der Waals surface area contributed by atoms with E-state index in [2.05, 4.69) is 17.0 Å². The quantitative estimate of drug-likeness (QED) is 0.518. The Labute approximate surface area is 227 Å². The molecule has 2 heterocycles. The number of hydrogen-bond acceptors (Lipinski definition) is 5. The van der Waals surface area contributed by atoms with Crippen LogP contribution in [0.15, 0.2) is 54.6 Å². The first-order valence-electron chi connectivity index (χ1n) is 13.5. The van der Waals surface area contributed by atoms with Gasteiger partial charge in [-0.3, -0.25) is 4.79 Å². The molecular formula is C31H41N3O4. The van der Waals surface area contributed by atoms with Gasteiger partial charge in [0.2, 0.25) is 0 Å². The zero-order valence-corrected chi connectivity index (χ0v) is 23.6. The second-order valence-electron chi connectivity index (χ2n) is 11.5.